The smallest absolute Gasteiger partial charge is 0.147 e. The molecule has 0 spiro atoms. The van der Waals surface area contributed by atoms with Crippen molar-refractivity contribution in [3.05, 3.63) is 78.9 Å². The van der Waals surface area contributed by atoms with Crippen molar-refractivity contribution in [2.24, 2.45) is 0 Å². The van der Waals surface area contributed by atoms with Crippen molar-refractivity contribution < 1.29 is 18.9 Å². The Morgan fingerprint density at radius 3 is 1.96 bits per heavy atom. The van der Waals surface area contributed by atoms with Crippen molar-refractivity contribution in [3.8, 4) is 0 Å². The third kappa shape index (κ3) is 5.00. The molecule has 1 heterocycles. The molecule has 4 rings (SSSR count). The predicted molar refractivity (Wildman–Crippen MR) is 111 cm³/mol. The molecule has 2 aliphatic rings. The van der Waals surface area contributed by atoms with Gasteiger partial charge in [-0.3, -0.25) is 0 Å². The molecule has 1 aliphatic carbocycles. The Balaban J connectivity index is 0.000000230. The van der Waals surface area contributed by atoms with Crippen LogP contribution in [0.25, 0.3) is 0 Å². The summed E-state index contributed by atoms with van der Waals surface area (Å²) in [6, 6.07) is 19.1. The van der Waals surface area contributed by atoms with Crippen molar-refractivity contribution in [2.45, 2.75) is 30.4 Å². The molecule has 0 fully saturated rings. The molecule has 2 aromatic rings. The number of rotatable bonds is 1. The molecule has 1 unspecified atom stereocenters. The summed E-state index contributed by atoms with van der Waals surface area (Å²) in [5.41, 5.74) is 3.83. The first-order valence-electron chi connectivity index (χ1n) is 8.88. The van der Waals surface area contributed by atoms with Crippen molar-refractivity contribution in [1.29, 1.82) is 0 Å². The Morgan fingerprint density at radius 2 is 1.35 bits per heavy atom. The first kappa shape index (κ1) is 20.8. The summed E-state index contributed by atoms with van der Waals surface area (Å²) < 4.78 is 0.356. The van der Waals surface area contributed by atoms with E-state index in [0.29, 0.717) is 4.68 Å². The number of benzene rings is 2. The van der Waals surface area contributed by atoms with Crippen molar-refractivity contribution >= 4 is 29.5 Å². The van der Waals surface area contributed by atoms with E-state index in [0.717, 1.165) is 0 Å². The fourth-order valence-corrected chi connectivity index (χ4v) is 4.10. The topological polar surface area (TPSA) is 6.48 Å². The summed E-state index contributed by atoms with van der Waals surface area (Å²) in [4.78, 5) is 4.68. The Hall–Kier alpha value is -1.54. The minimum atomic E-state index is 0. The van der Waals surface area contributed by atoms with Crippen molar-refractivity contribution in [3.63, 3.8) is 0 Å². The number of nitrogens with zero attached hydrogens (tertiary/aromatic N) is 2. The zero-order chi connectivity index (χ0) is 17.5. The van der Waals surface area contributed by atoms with Gasteiger partial charge in [-0.1, -0.05) is 24.3 Å². The second-order valence-electron chi connectivity index (χ2n) is 6.23. The second-order valence-corrected chi connectivity index (χ2v) is 7.47. The Kier molecular flexibility index (Phi) is 8.44. The predicted octanol–water partition coefficient (Wildman–Crippen LogP) is 6.20. The van der Waals surface area contributed by atoms with E-state index in [4.69, 9.17) is 0 Å². The SMILES string of the molecule is C1=C\CCCC\C=C/1.CN1c2ccccc2N(c2ccccc2)[CH]1[Ir].Cl. The van der Waals surface area contributed by atoms with Gasteiger partial charge < -0.3 is 0 Å². The maximum absolute atomic E-state index is 2.37. The molecule has 0 N–H and O–H groups in total. The van der Waals surface area contributed by atoms with Gasteiger partial charge in [0, 0.05) is 0 Å². The number of para-hydroxylation sites is 3. The van der Waals surface area contributed by atoms with Gasteiger partial charge in [-0.2, -0.15) is 0 Å². The molecule has 0 saturated carbocycles. The van der Waals surface area contributed by atoms with Crippen LogP contribution in [0.5, 0.6) is 0 Å². The molecule has 0 radical (unpaired) electrons. The van der Waals surface area contributed by atoms with Gasteiger partial charge in [-0.05, 0) is 25.7 Å². The van der Waals surface area contributed by atoms with Crippen LogP contribution in [0.3, 0.4) is 0 Å². The third-order valence-electron chi connectivity index (χ3n) is 4.43. The number of hydrogen-bond donors (Lipinski definition) is 0. The van der Waals surface area contributed by atoms with Crippen LogP contribution in [0.15, 0.2) is 78.9 Å². The molecule has 0 bridgehead atoms. The van der Waals surface area contributed by atoms with E-state index in [2.05, 4.69) is 115 Å². The van der Waals surface area contributed by atoms with Gasteiger partial charge in [0.2, 0.25) is 0 Å². The van der Waals surface area contributed by atoms with Gasteiger partial charge in [0.05, 0.1) is 0 Å². The van der Waals surface area contributed by atoms with Crippen LogP contribution in [0, 0.1) is 0 Å². The van der Waals surface area contributed by atoms with Gasteiger partial charge in [-0.25, -0.2) is 0 Å². The number of hydrogen-bond acceptors (Lipinski definition) is 2. The normalized spacial score (nSPS) is 20.7. The van der Waals surface area contributed by atoms with E-state index < -0.39 is 0 Å². The molecule has 1 aliphatic heterocycles. The average Bonchev–Trinajstić information content (AvgIpc) is 2.87. The van der Waals surface area contributed by atoms with Crippen LogP contribution >= 0.6 is 12.4 Å². The second kappa shape index (κ2) is 10.6. The van der Waals surface area contributed by atoms with Gasteiger partial charge in [0.1, 0.15) is 0 Å². The van der Waals surface area contributed by atoms with Crippen LogP contribution in [-0.2, 0) is 18.9 Å². The van der Waals surface area contributed by atoms with Crippen LogP contribution in [0.2, 0.25) is 0 Å². The van der Waals surface area contributed by atoms with Crippen molar-refractivity contribution in [1.82, 2.24) is 0 Å². The molecule has 4 heteroatoms. The monoisotopic (exact) mass is 546 g/mol. The summed E-state index contributed by atoms with van der Waals surface area (Å²) in [6.07, 6.45) is 14.0. The standard InChI is InChI=1S/C14H13N2.C8H12.ClH.Ir/c1-15-11-16(12-7-3-2-4-8-12)14-10-6-5-9-13(14)15;1-2-4-6-8-7-5-3-1;;/h2-11H,1H3;1-4H,5-8H2;1H;/b;3-1-,4-2-;;. The maximum Gasteiger partial charge on any atom is -0.147 e. The molecule has 140 valence electrons. The van der Waals surface area contributed by atoms with Gasteiger partial charge in [0.25, 0.3) is 0 Å². The first-order valence-corrected chi connectivity index (χ1v) is 10.3. The van der Waals surface area contributed by atoms with E-state index in [1.807, 2.05) is 0 Å². The zero-order valence-electron chi connectivity index (χ0n) is 15.0. The fraction of sp³-hybridized carbons (Fsp3) is 0.273. The van der Waals surface area contributed by atoms with Crippen LogP contribution in [0.4, 0.5) is 17.1 Å². The minimum absolute atomic E-state index is 0. The molecule has 26 heavy (non-hydrogen) atoms. The maximum atomic E-state index is 2.37. The molecule has 2 aromatic carbocycles. The van der Waals surface area contributed by atoms with E-state index in [9.17, 15) is 0 Å². The molecule has 0 saturated heterocycles. The molecule has 0 aromatic heterocycles. The molecule has 2 nitrogen and oxygen atoms in total. The van der Waals surface area contributed by atoms with Gasteiger partial charge in [-0.15, -0.1) is 12.4 Å². The van der Waals surface area contributed by atoms with Crippen LogP contribution in [-0.4, -0.2) is 11.7 Å². The van der Waals surface area contributed by atoms with E-state index in [1.165, 1.54) is 42.7 Å². The number of fused-ring (bicyclic) bond motifs is 1. The first-order chi connectivity index (χ1) is 12.3. The summed E-state index contributed by atoms with van der Waals surface area (Å²) >= 11 is 2.23. The number of allylic oxidation sites excluding steroid dienone is 4. The Labute approximate surface area is 174 Å². The molecule has 0 amide bonds. The van der Waals surface area contributed by atoms with Gasteiger partial charge >= 0.3 is 112 Å². The summed E-state index contributed by atoms with van der Waals surface area (Å²) in [6.45, 7) is 0. The van der Waals surface area contributed by atoms with Crippen molar-refractivity contribution in [2.75, 3.05) is 16.8 Å². The summed E-state index contributed by atoms with van der Waals surface area (Å²) in [7, 11) is 2.15. The van der Waals surface area contributed by atoms with Gasteiger partial charge in [0.15, 0.2) is 0 Å². The Morgan fingerprint density at radius 1 is 0.808 bits per heavy atom. The summed E-state index contributed by atoms with van der Waals surface area (Å²) in [5.74, 6) is 0. The van der Waals surface area contributed by atoms with E-state index >= 15 is 0 Å². The third-order valence-corrected chi connectivity index (χ3v) is 5.98. The zero-order valence-corrected chi connectivity index (χ0v) is 18.3. The average molecular weight is 546 g/mol. The summed E-state index contributed by atoms with van der Waals surface area (Å²) in [5, 5.41) is 0. The fourth-order valence-electron chi connectivity index (χ4n) is 3.07. The van der Waals surface area contributed by atoms with Crippen LogP contribution < -0.4 is 9.80 Å². The molecular formula is C22H26ClIrN2. The van der Waals surface area contributed by atoms with E-state index in [-0.39, 0.29) is 12.4 Å². The quantitative estimate of drug-likeness (QED) is 0.421. The number of halogens is 1. The van der Waals surface area contributed by atoms with Crippen LogP contribution in [0.1, 0.15) is 25.7 Å². The minimum Gasteiger partial charge on any atom is -0.147 e. The van der Waals surface area contributed by atoms with E-state index in [1.54, 1.807) is 0 Å². The largest absolute Gasteiger partial charge is 0.147 e. The molecule has 1 atom stereocenters. The molecular weight excluding hydrogens is 520 g/mol. The Bertz CT molecular complexity index is 716. The number of anilines is 3.